The van der Waals surface area contributed by atoms with Crippen molar-refractivity contribution in [2.45, 2.75) is 0 Å². The fourth-order valence-corrected chi connectivity index (χ4v) is 2.84. The van der Waals surface area contributed by atoms with Crippen LogP contribution < -0.4 is 10.4 Å². The van der Waals surface area contributed by atoms with Crippen LogP contribution in [0.5, 0.6) is 5.75 Å². The molecule has 3 rings (SSSR count). The Hall–Kier alpha value is -2.66. The lowest BCUT2D eigenvalue weighted by Crippen LogP contribution is -2.11. The zero-order valence-electron chi connectivity index (χ0n) is 12.8. The molecule has 120 valence electrons. The fourth-order valence-electron chi connectivity index (χ4n) is 2.28. The second kappa shape index (κ2) is 6.84. The maximum Gasteiger partial charge on any atom is 0.347 e. The zero-order chi connectivity index (χ0) is 17.1. The number of hydrogen-bond donors (Lipinski definition) is 0. The molecular formula is C19H13BrO4. The van der Waals surface area contributed by atoms with Gasteiger partial charge in [-0.2, -0.15) is 0 Å². The van der Waals surface area contributed by atoms with E-state index in [1.54, 1.807) is 43.5 Å². The molecule has 3 aromatic rings. The Morgan fingerprint density at radius 1 is 1.17 bits per heavy atom. The highest BCUT2D eigenvalue weighted by Gasteiger charge is 2.11. The van der Waals surface area contributed by atoms with Gasteiger partial charge in [0, 0.05) is 5.39 Å². The quantitative estimate of drug-likeness (QED) is 0.378. The lowest BCUT2D eigenvalue weighted by Gasteiger charge is -2.03. The number of methoxy groups -OCH3 is 1. The van der Waals surface area contributed by atoms with Crippen molar-refractivity contribution in [3.8, 4) is 5.75 Å². The molecule has 0 radical (unpaired) electrons. The van der Waals surface area contributed by atoms with Crippen molar-refractivity contribution in [1.29, 1.82) is 0 Å². The molecule has 0 bridgehead atoms. The number of ether oxygens (including phenoxy) is 1. The molecule has 1 aromatic heterocycles. The summed E-state index contributed by atoms with van der Waals surface area (Å²) in [6, 6.07) is 14.1. The SMILES string of the molecule is COc1ccc(/C=C/C(=O)c2cc3ccccc3oc2=O)cc1Br. The molecule has 0 unspecified atom stereocenters. The van der Waals surface area contributed by atoms with E-state index >= 15 is 0 Å². The van der Waals surface area contributed by atoms with Gasteiger partial charge in [0.15, 0.2) is 5.78 Å². The Balaban J connectivity index is 1.91. The summed E-state index contributed by atoms with van der Waals surface area (Å²) in [5.74, 6) is 0.301. The van der Waals surface area contributed by atoms with Gasteiger partial charge in [0.05, 0.1) is 11.6 Å². The highest BCUT2D eigenvalue weighted by molar-refractivity contribution is 9.10. The average molecular weight is 385 g/mol. The maximum atomic E-state index is 12.3. The second-order valence-electron chi connectivity index (χ2n) is 5.08. The van der Waals surface area contributed by atoms with Crippen molar-refractivity contribution in [2.24, 2.45) is 0 Å². The Bertz CT molecular complexity index is 1000. The molecule has 0 N–H and O–H groups in total. The summed E-state index contributed by atoms with van der Waals surface area (Å²) in [7, 11) is 1.58. The van der Waals surface area contributed by atoms with E-state index in [0.29, 0.717) is 16.7 Å². The van der Waals surface area contributed by atoms with Crippen LogP contribution in [0.3, 0.4) is 0 Å². The van der Waals surface area contributed by atoms with Crippen LogP contribution in [-0.4, -0.2) is 12.9 Å². The van der Waals surface area contributed by atoms with Crippen LogP contribution >= 0.6 is 15.9 Å². The highest BCUT2D eigenvalue weighted by Crippen LogP contribution is 2.26. The van der Waals surface area contributed by atoms with E-state index in [1.807, 2.05) is 18.2 Å². The smallest absolute Gasteiger partial charge is 0.347 e. The molecule has 0 saturated carbocycles. The van der Waals surface area contributed by atoms with Crippen molar-refractivity contribution in [3.05, 3.63) is 80.6 Å². The summed E-state index contributed by atoms with van der Waals surface area (Å²) >= 11 is 3.39. The molecular weight excluding hydrogens is 372 g/mol. The minimum Gasteiger partial charge on any atom is -0.496 e. The van der Waals surface area contributed by atoms with E-state index in [0.717, 1.165) is 10.0 Å². The molecule has 24 heavy (non-hydrogen) atoms. The summed E-state index contributed by atoms with van der Waals surface area (Å²) in [6.07, 6.45) is 3.00. The molecule has 0 spiro atoms. The van der Waals surface area contributed by atoms with Gasteiger partial charge in [0.2, 0.25) is 0 Å². The molecule has 0 aliphatic rings. The average Bonchev–Trinajstić information content (AvgIpc) is 2.59. The molecule has 0 aliphatic heterocycles. The van der Waals surface area contributed by atoms with Crippen LogP contribution in [0.2, 0.25) is 0 Å². The fraction of sp³-hybridized carbons (Fsp3) is 0.0526. The summed E-state index contributed by atoms with van der Waals surface area (Å²) in [5.41, 5.74) is 0.639. The Kier molecular flexibility index (Phi) is 4.62. The number of fused-ring (bicyclic) bond motifs is 1. The monoisotopic (exact) mass is 384 g/mol. The number of hydrogen-bond acceptors (Lipinski definition) is 4. The van der Waals surface area contributed by atoms with Crippen LogP contribution in [-0.2, 0) is 0 Å². The largest absolute Gasteiger partial charge is 0.496 e. The van der Waals surface area contributed by atoms with Crippen LogP contribution in [0.4, 0.5) is 0 Å². The number of rotatable bonds is 4. The predicted molar refractivity (Wildman–Crippen MR) is 96.5 cm³/mol. The number of carbonyl (C=O) groups excluding carboxylic acids is 1. The molecule has 5 heteroatoms. The van der Waals surface area contributed by atoms with E-state index in [4.69, 9.17) is 9.15 Å². The van der Waals surface area contributed by atoms with Gasteiger partial charge in [0.1, 0.15) is 16.9 Å². The predicted octanol–water partition coefficient (Wildman–Crippen LogP) is 4.46. The molecule has 0 amide bonds. The molecule has 0 saturated heterocycles. The Labute approximate surface area is 146 Å². The van der Waals surface area contributed by atoms with Crippen molar-refractivity contribution in [3.63, 3.8) is 0 Å². The van der Waals surface area contributed by atoms with Gasteiger partial charge in [-0.25, -0.2) is 4.79 Å². The minimum atomic E-state index is -0.640. The van der Waals surface area contributed by atoms with Crippen molar-refractivity contribution in [2.75, 3.05) is 7.11 Å². The van der Waals surface area contributed by atoms with E-state index < -0.39 is 11.4 Å². The Morgan fingerprint density at radius 3 is 2.71 bits per heavy atom. The zero-order valence-corrected chi connectivity index (χ0v) is 14.4. The Morgan fingerprint density at radius 2 is 1.96 bits per heavy atom. The number of carbonyl (C=O) groups is 1. The molecule has 0 atom stereocenters. The minimum absolute atomic E-state index is 0.0116. The van der Waals surface area contributed by atoms with Gasteiger partial charge in [-0.05, 0) is 51.8 Å². The van der Waals surface area contributed by atoms with Crippen LogP contribution in [0.25, 0.3) is 17.0 Å². The first-order chi connectivity index (χ1) is 11.6. The topological polar surface area (TPSA) is 56.5 Å². The molecule has 4 nitrogen and oxygen atoms in total. The maximum absolute atomic E-state index is 12.3. The summed E-state index contributed by atoms with van der Waals surface area (Å²) < 4.78 is 11.1. The first kappa shape index (κ1) is 16.2. The third kappa shape index (κ3) is 3.31. The molecule has 2 aromatic carbocycles. The highest BCUT2D eigenvalue weighted by atomic mass is 79.9. The number of allylic oxidation sites excluding steroid dienone is 1. The van der Waals surface area contributed by atoms with Gasteiger partial charge in [-0.15, -0.1) is 0 Å². The first-order valence-electron chi connectivity index (χ1n) is 7.17. The lowest BCUT2D eigenvalue weighted by molar-refractivity contribution is 0.104. The number of ketones is 1. The van der Waals surface area contributed by atoms with Gasteiger partial charge >= 0.3 is 5.63 Å². The van der Waals surface area contributed by atoms with Crippen molar-refractivity contribution in [1.82, 2.24) is 0 Å². The standard InChI is InChI=1S/C19H13BrO4/c1-23-18-9-7-12(10-15(18)20)6-8-16(21)14-11-13-4-2-3-5-17(13)24-19(14)22/h2-11H,1H3/b8-6+. The summed E-state index contributed by atoms with van der Waals surface area (Å²) in [4.78, 5) is 24.3. The lowest BCUT2D eigenvalue weighted by atomic mass is 10.1. The third-order valence-electron chi connectivity index (χ3n) is 3.51. The third-order valence-corrected chi connectivity index (χ3v) is 4.13. The molecule has 1 heterocycles. The number of halogens is 1. The van der Waals surface area contributed by atoms with Gasteiger partial charge in [-0.1, -0.05) is 30.3 Å². The van der Waals surface area contributed by atoms with Gasteiger partial charge in [0.25, 0.3) is 0 Å². The van der Waals surface area contributed by atoms with Crippen LogP contribution in [0.15, 0.2) is 68.3 Å². The number of para-hydroxylation sites is 1. The van der Waals surface area contributed by atoms with E-state index in [2.05, 4.69) is 15.9 Å². The van der Waals surface area contributed by atoms with E-state index in [9.17, 15) is 9.59 Å². The van der Waals surface area contributed by atoms with Crippen LogP contribution in [0, 0.1) is 0 Å². The molecule has 0 aliphatic carbocycles. The van der Waals surface area contributed by atoms with Crippen molar-refractivity contribution < 1.29 is 13.9 Å². The van der Waals surface area contributed by atoms with E-state index in [1.165, 1.54) is 6.08 Å². The van der Waals surface area contributed by atoms with E-state index in [-0.39, 0.29) is 5.56 Å². The summed E-state index contributed by atoms with van der Waals surface area (Å²) in [6.45, 7) is 0. The first-order valence-corrected chi connectivity index (χ1v) is 7.96. The van der Waals surface area contributed by atoms with Crippen molar-refractivity contribution >= 4 is 38.8 Å². The van der Waals surface area contributed by atoms with Gasteiger partial charge in [-0.3, -0.25) is 4.79 Å². The summed E-state index contributed by atoms with van der Waals surface area (Å²) in [5, 5.41) is 0.709. The second-order valence-corrected chi connectivity index (χ2v) is 5.93. The number of benzene rings is 2. The normalized spacial score (nSPS) is 11.1. The van der Waals surface area contributed by atoms with Gasteiger partial charge < -0.3 is 9.15 Å². The molecule has 0 fully saturated rings. The van der Waals surface area contributed by atoms with Crippen LogP contribution in [0.1, 0.15) is 15.9 Å².